The van der Waals surface area contributed by atoms with E-state index in [0.717, 1.165) is 0 Å². The Morgan fingerprint density at radius 2 is 2.00 bits per heavy atom. The third kappa shape index (κ3) is 3.12. The quantitative estimate of drug-likeness (QED) is 0.837. The zero-order chi connectivity index (χ0) is 13.8. The normalized spacial score (nSPS) is 21.9. The summed E-state index contributed by atoms with van der Waals surface area (Å²) in [6, 6.07) is 3.24. The van der Waals surface area contributed by atoms with Crippen LogP contribution in [-0.4, -0.2) is 16.9 Å². The number of carbonyl (C=O) groups excluding carboxylic acids is 2. The Morgan fingerprint density at radius 3 is 2.63 bits per heavy atom. The van der Waals surface area contributed by atoms with Gasteiger partial charge in [0.2, 0.25) is 5.91 Å². The highest BCUT2D eigenvalue weighted by atomic mass is 35.5. The third-order valence-electron chi connectivity index (χ3n) is 3.07. The number of aromatic nitrogens is 1. The maximum absolute atomic E-state index is 12.1. The molecule has 0 unspecified atom stereocenters. The molecule has 19 heavy (non-hydrogen) atoms. The Morgan fingerprint density at radius 1 is 1.32 bits per heavy atom. The minimum atomic E-state index is -1.21. The molecule has 1 aliphatic carbocycles. The molecule has 2 atom stereocenters. The number of allylic oxidation sites excluding steroid dienone is 2. The van der Waals surface area contributed by atoms with E-state index in [1.165, 1.54) is 6.20 Å². The summed E-state index contributed by atoms with van der Waals surface area (Å²) < 4.78 is 0. The average Bonchev–Trinajstić information content (AvgIpc) is 2.41. The van der Waals surface area contributed by atoms with Crippen LogP contribution >= 0.6 is 11.6 Å². The molecule has 1 aromatic heterocycles. The molecule has 1 heterocycles. The highest BCUT2D eigenvalue weighted by molar-refractivity contribution is 6.33. The smallest absolute Gasteiger partial charge is 0.229 e. The van der Waals surface area contributed by atoms with Gasteiger partial charge in [0, 0.05) is 18.1 Å². The molecule has 6 heteroatoms. The van der Waals surface area contributed by atoms with E-state index >= 15 is 0 Å². The minimum Gasteiger partial charge on any atom is -0.550 e. The predicted octanol–water partition coefficient (Wildman–Crippen LogP) is 1.01. The molecule has 0 saturated heterocycles. The minimum absolute atomic E-state index is 0.237. The lowest BCUT2D eigenvalue weighted by molar-refractivity contribution is -0.313. The van der Waals surface area contributed by atoms with Gasteiger partial charge in [-0.25, -0.2) is 4.98 Å². The largest absolute Gasteiger partial charge is 0.550 e. The number of amides is 1. The lowest BCUT2D eigenvalue weighted by atomic mass is 9.82. The van der Waals surface area contributed by atoms with E-state index in [1.807, 2.05) is 0 Å². The number of carbonyl (C=O) groups is 2. The standard InChI is InChI=1S/C13H13ClN2O3/c14-10-6-3-7-15-11(10)16-12(17)8-4-1-2-5-9(8)13(18)19/h1-3,6-9H,4-5H2,(H,18,19)(H,15,16,17)/p-1/t8-,9+/m1/s1. The molecule has 1 N–H and O–H groups in total. The molecule has 2 rings (SSSR count). The van der Waals surface area contributed by atoms with Crippen LogP contribution in [0.5, 0.6) is 0 Å². The summed E-state index contributed by atoms with van der Waals surface area (Å²) >= 11 is 5.89. The predicted molar refractivity (Wildman–Crippen MR) is 68.2 cm³/mol. The lowest BCUT2D eigenvalue weighted by Gasteiger charge is -2.28. The van der Waals surface area contributed by atoms with Crippen molar-refractivity contribution < 1.29 is 14.7 Å². The van der Waals surface area contributed by atoms with Crippen molar-refractivity contribution in [1.82, 2.24) is 4.98 Å². The number of hydrogen-bond acceptors (Lipinski definition) is 4. The summed E-state index contributed by atoms with van der Waals surface area (Å²) in [5.74, 6) is -2.85. The van der Waals surface area contributed by atoms with E-state index in [-0.39, 0.29) is 5.82 Å². The van der Waals surface area contributed by atoms with Crippen LogP contribution in [0.1, 0.15) is 12.8 Å². The van der Waals surface area contributed by atoms with Gasteiger partial charge < -0.3 is 15.2 Å². The van der Waals surface area contributed by atoms with E-state index < -0.39 is 23.7 Å². The molecule has 1 aromatic rings. The molecule has 0 saturated carbocycles. The van der Waals surface area contributed by atoms with Gasteiger partial charge in [-0.1, -0.05) is 23.8 Å². The van der Waals surface area contributed by atoms with Crippen LogP contribution in [0.25, 0.3) is 0 Å². The first-order valence-corrected chi connectivity index (χ1v) is 6.24. The van der Waals surface area contributed by atoms with E-state index in [4.69, 9.17) is 11.6 Å². The molecule has 0 aliphatic heterocycles. The van der Waals surface area contributed by atoms with Crippen molar-refractivity contribution in [2.24, 2.45) is 11.8 Å². The average molecular weight is 280 g/mol. The summed E-state index contributed by atoms with van der Waals surface area (Å²) in [6.45, 7) is 0. The van der Waals surface area contributed by atoms with Crippen LogP contribution in [0.4, 0.5) is 5.82 Å². The van der Waals surface area contributed by atoms with Crippen molar-refractivity contribution in [3.8, 4) is 0 Å². The molecule has 0 radical (unpaired) electrons. The second kappa shape index (κ2) is 5.84. The number of nitrogens with zero attached hydrogens (tertiary/aromatic N) is 1. The zero-order valence-electron chi connectivity index (χ0n) is 10.0. The number of carboxylic acid groups (broad SMARTS) is 1. The molecule has 5 nitrogen and oxygen atoms in total. The first kappa shape index (κ1) is 13.5. The number of hydrogen-bond donors (Lipinski definition) is 1. The molecule has 1 amide bonds. The van der Waals surface area contributed by atoms with E-state index in [1.54, 1.807) is 24.3 Å². The van der Waals surface area contributed by atoms with Crippen LogP contribution in [-0.2, 0) is 9.59 Å². The van der Waals surface area contributed by atoms with Gasteiger partial charge >= 0.3 is 0 Å². The molecule has 0 fully saturated rings. The molecular weight excluding hydrogens is 268 g/mol. The molecular formula is C13H12ClN2O3-. The van der Waals surface area contributed by atoms with Crippen molar-refractivity contribution in [3.63, 3.8) is 0 Å². The SMILES string of the molecule is O=C([O-])[C@H]1CC=CC[C@H]1C(=O)Nc1ncccc1Cl. The summed E-state index contributed by atoms with van der Waals surface area (Å²) in [6.07, 6.45) is 5.71. The fraction of sp³-hybridized carbons (Fsp3) is 0.308. The second-order valence-corrected chi connectivity index (χ2v) is 4.71. The van der Waals surface area contributed by atoms with Gasteiger partial charge in [0.15, 0.2) is 5.82 Å². The van der Waals surface area contributed by atoms with Crippen LogP contribution in [0.15, 0.2) is 30.5 Å². The van der Waals surface area contributed by atoms with Gasteiger partial charge in [0.1, 0.15) is 0 Å². The first-order valence-electron chi connectivity index (χ1n) is 5.87. The molecule has 0 aromatic carbocycles. The van der Waals surface area contributed by atoms with Crippen LogP contribution in [0.3, 0.4) is 0 Å². The first-order chi connectivity index (χ1) is 9.09. The number of aliphatic carboxylic acids is 1. The Hall–Kier alpha value is -1.88. The lowest BCUT2D eigenvalue weighted by Crippen LogP contribution is -2.41. The van der Waals surface area contributed by atoms with Gasteiger partial charge in [-0.05, 0) is 25.0 Å². The van der Waals surface area contributed by atoms with Crippen molar-refractivity contribution in [2.75, 3.05) is 5.32 Å². The summed E-state index contributed by atoms with van der Waals surface area (Å²) in [5, 5.41) is 13.9. The van der Waals surface area contributed by atoms with Crippen molar-refractivity contribution in [2.45, 2.75) is 12.8 Å². The zero-order valence-corrected chi connectivity index (χ0v) is 10.8. The molecule has 0 spiro atoms. The summed E-state index contributed by atoms with van der Waals surface area (Å²) in [4.78, 5) is 27.1. The van der Waals surface area contributed by atoms with Crippen molar-refractivity contribution in [3.05, 3.63) is 35.5 Å². The van der Waals surface area contributed by atoms with Crippen molar-refractivity contribution >= 4 is 29.3 Å². The van der Waals surface area contributed by atoms with Gasteiger partial charge in [-0.2, -0.15) is 0 Å². The Kier molecular flexibility index (Phi) is 4.16. The third-order valence-corrected chi connectivity index (χ3v) is 3.38. The second-order valence-electron chi connectivity index (χ2n) is 4.30. The van der Waals surface area contributed by atoms with E-state index in [2.05, 4.69) is 10.3 Å². The summed E-state index contributed by atoms with van der Waals surface area (Å²) in [5.41, 5.74) is 0. The molecule has 1 aliphatic rings. The topological polar surface area (TPSA) is 82.1 Å². The van der Waals surface area contributed by atoms with Crippen LogP contribution < -0.4 is 10.4 Å². The maximum atomic E-state index is 12.1. The number of rotatable bonds is 3. The number of anilines is 1. The molecule has 0 bridgehead atoms. The van der Waals surface area contributed by atoms with E-state index in [9.17, 15) is 14.7 Å². The van der Waals surface area contributed by atoms with E-state index in [0.29, 0.717) is 17.9 Å². The Bertz CT molecular complexity index is 530. The maximum Gasteiger partial charge on any atom is 0.229 e. The number of pyridine rings is 1. The Balaban J connectivity index is 2.13. The van der Waals surface area contributed by atoms with Gasteiger partial charge in [-0.15, -0.1) is 0 Å². The number of halogens is 1. The fourth-order valence-corrected chi connectivity index (χ4v) is 2.22. The number of carboxylic acids is 1. The van der Waals surface area contributed by atoms with Crippen molar-refractivity contribution in [1.29, 1.82) is 0 Å². The van der Waals surface area contributed by atoms with Gasteiger partial charge in [0.25, 0.3) is 0 Å². The Labute approximate surface area is 115 Å². The highest BCUT2D eigenvalue weighted by Gasteiger charge is 2.30. The number of nitrogens with one attached hydrogen (secondary N) is 1. The monoisotopic (exact) mass is 279 g/mol. The van der Waals surface area contributed by atoms with Crippen LogP contribution in [0.2, 0.25) is 5.02 Å². The fourth-order valence-electron chi connectivity index (χ4n) is 2.05. The molecule has 100 valence electrons. The van der Waals surface area contributed by atoms with Crippen LogP contribution in [0, 0.1) is 11.8 Å². The summed E-state index contributed by atoms with van der Waals surface area (Å²) in [7, 11) is 0. The van der Waals surface area contributed by atoms with Gasteiger partial charge in [-0.3, -0.25) is 4.79 Å². The highest BCUT2D eigenvalue weighted by Crippen LogP contribution is 2.27. The van der Waals surface area contributed by atoms with Gasteiger partial charge in [0.05, 0.1) is 10.9 Å².